The summed E-state index contributed by atoms with van der Waals surface area (Å²) in [6.07, 6.45) is 21.2. The smallest absolute Gasteiger partial charge is 0.335 e. The molecule has 0 bridgehead atoms. The summed E-state index contributed by atoms with van der Waals surface area (Å²) in [6, 6.07) is 81.1. The van der Waals surface area contributed by atoms with E-state index in [2.05, 4.69) is 151 Å². The SMILES string of the molecule is C1CCC(NC(=NC2CCOCC2)N2CCOCC2)CC1.CN(C)C(=Nc1cccc2ccccc12)N(C)C.CN1C(=Nc2ccccc2)N(C)C(c2ccccc2)C1c1ccccc1.O=C(O)c1ccc(N=C(Nc2ccccc2)Nc2ccccc2)cc1.O=C(O)c1ccc(NC(=NC2CCCCC2)NC2CCCCC2)cc1. The lowest BCUT2D eigenvalue weighted by atomic mass is 9.93. The van der Waals surface area contributed by atoms with E-state index in [-0.39, 0.29) is 17.6 Å². The van der Waals surface area contributed by atoms with E-state index in [0.29, 0.717) is 41.4 Å². The second-order valence-electron chi connectivity index (χ2n) is 30.3. The number of nitrogens with zero attached hydrogens (tertiary/aromatic N) is 10. The molecule has 3 saturated heterocycles. The van der Waals surface area contributed by atoms with Crippen LogP contribution in [-0.4, -0.2) is 182 Å². The molecule has 3 saturated carbocycles. The first-order valence-electron chi connectivity index (χ1n) is 41.0. The summed E-state index contributed by atoms with van der Waals surface area (Å²) in [4.78, 5) is 57.2. The molecule has 21 heteroatoms. The fourth-order valence-electron chi connectivity index (χ4n) is 15.2. The second-order valence-corrected chi connectivity index (χ2v) is 30.3. The summed E-state index contributed by atoms with van der Waals surface area (Å²) in [5, 5.41) is 37.6. The van der Waals surface area contributed by atoms with Gasteiger partial charge in [-0.2, -0.15) is 0 Å². The van der Waals surface area contributed by atoms with Crippen molar-refractivity contribution >= 4 is 86.6 Å². The van der Waals surface area contributed by atoms with Crippen molar-refractivity contribution in [2.75, 3.05) is 97.8 Å². The molecule has 0 aromatic heterocycles. The zero-order chi connectivity index (χ0) is 80.4. The lowest BCUT2D eigenvalue weighted by Crippen LogP contribution is -2.51. The largest absolute Gasteiger partial charge is 0.478 e. The average molecular weight is 1550 g/mol. The molecule has 9 aromatic carbocycles. The van der Waals surface area contributed by atoms with Crippen molar-refractivity contribution in [2.24, 2.45) is 25.0 Å². The van der Waals surface area contributed by atoms with Gasteiger partial charge in [-0.05, 0) is 159 Å². The van der Waals surface area contributed by atoms with Crippen LogP contribution < -0.4 is 26.6 Å². The van der Waals surface area contributed by atoms with E-state index in [1.807, 2.05) is 153 Å². The van der Waals surface area contributed by atoms with Crippen LogP contribution in [0.15, 0.2) is 268 Å². The number of para-hydroxylation sites is 3. The van der Waals surface area contributed by atoms with Gasteiger partial charge in [-0.3, -0.25) is 0 Å². The van der Waals surface area contributed by atoms with Crippen molar-refractivity contribution in [3.63, 3.8) is 0 Å². The van der Waals surface area contributed by atoms with Crippen LogP contribution in [0.2, 0.25) is 0 Å². The number of nitrogens with one attached hydrogen (secondary N) is 5. The maximum absolute atomic E-state index is 11.0. The number of carboxylic acid groups (broad SMARTS) is 2. The summed E-state index contributed by atoms with van der Waals surface area (Å²) in [5.74, 6) is 2.58. The quantitative estimate of drug-likeness (QED) is 0.0396. The van der Waals surface area contributed by atoms with Crippen molar-refractivity contribution in [3.05, 3.63) is 265 Å². The Labute approximate surface area is 680 Å². The third-order valence-corrected chi connectivity index (χ3v) is 21.2. The van der Waals surface area contributed by atoms with Gasteiger partial charge in [0.15, 0.2) is 11.9 Å². The summed E-state index contributed by atoms with van der Waals surface area (Å²) in [5.41, 5.74) is 8.42. The van der Waals surface area contributed by atoms with Crippen molar-refractivity contribution in [3.8, 4) is 0 Å². The van der Waals surface area contributed by atoms with E-state index in [1.165, 1.54) is 118 Å². The second kappa shape index (κ2) is 44.8. The van der Waals surface area contributed by atoms with Crippen LogP contribution in [0.5, 0.6) is 0 Å². The molecule has 0 amide bonds. The molecule has 0 spiro atoms. The number of carboxylic acids is 2. The Bertz CT molecular complexity index is 4430. The number of rotatable bonds is 14. The van der Waals surface area contributed by atoms with Gasteiger partial charge in [0, 0.05) is 103 Å². The Morgan fingerprint density at radius 3 is 1.35 bits per heavy atom. The van der Waals surface area contributed by atoms with E-state index in [0.717, 1.165) is 117 Å². The van der Waals surface area contributed by atoms with Crippen LogP contribution in [0.25, 0.3) is 10.8 Å². The standard InChI is InChI=1S/C23H23N3.C20H29N3O2.C20H17N3O2.C16H29N3O2.C15H19N3/c1-25-21(18-12-6-3-7-13-18)22(19-14-8-4-9-15-19)26(2)23(25)24-20-16-10-5-11-17-20;2*24-19(25)15-11-13-18(14-12-15)23-20(21-16-7-3-1-4-8-16)22-17-9-5-2-6-10-17;1-2-4-14(5-3-1)17-16(19-8-12-21-13-9-19)18-15-6-10-20-11-7-15;1-17(2)15(18(3)4)16-14-11-7-9-12-8-5-6-10-13(12)14/h3-17,21-22H,1-2H3;11-14,16-17H,1-10H2,(H,24,25)(H2,21,22,23);1-14H,(H,24,25)(H2,21,22,23);14-15H,1-13H2,(H,17,18);5-11H,1-4H3. The van der Waals surface area contributed by atoms with Gasteiger partial charge in [0.2, 0.25) is 17.9 Å². The number of ether oxygens (including phenoxy) is 2. The molecule has 3 aliphatic carbocycles. The minimum atomic E-state index is -0.958. The molecular formula is C94H117N15O6. The van der Waals surface area contributed by atoms with E-state index < -0.39 is 11.9 Å². The van der Waals surface area contributed by atoms with Gasteiger partial charge < -0.3 is 70.8 Å². The highest BCUT2D eigenvalue weighted by Gasteiger charge is 2.42. The van der Waals surface area contributed by atoms with Crippen molar-refractivity contribution in [2.45, 2.75) is 145 Å². The number of carbonyl (C=O) groups is 2. The first-order chi connectivity index (χ1) is 56.2. The summed E-state index contributed by atoms with van der Waals surface area (Å²) < 4.78 is 10.9. The lowest BCUT2D eigenvalue weighted by molar-refractivity contribution is 0.0645. The normalized spacial score (nSPS) is 17.5. The molecule has 21 nitrogen and oxygen atoms in total. The fourth-order valence-corrected chi connectivity index (χ4v) is 15.2. The van der Waals surface area contributed by atoms with Gasteiger partial charge in [-0.25, -0.2) is 34.6 Å². The number of aliphatic imine (C=N–C) groups is 5. The van der Waals surface area contributed by atoms with Crippen molar-refractivity contribution in [1.29, 1.82) is 0 Å². The van der Waals surface area contributed by atoms with Crippen LogP contribution in [0.4, 0.5) is 34.1 Å². The third-order valence-electron chi connectivity index (χ3n) is 21.2. The number of aromatic carboxylic acids is 2. The lowest BCUT2D eigenvalue weighted by Gasteiger charge is -2.34. The van der Waals surface area contributed by atoms with Crippen molar-refractivity contribution < 1.29 is 29.3 Å². The van der Waals surface area contributed by atoms with Crippen LogP contribution in [-0.2, 0) is 9.47 Å². The summed E-state index contributed by atoms with van der Waals surface area (Å²) in [6.45, 7) is 5.27. The van der Waals surface area contributed by atoms with E-state index in [9.17, 15) is 9.59 Å². The molecule has 15 rings (SSSR count). The van der Waals surface area contributed by atoms with Crippen LogP contribution in [0.3, 0.4) is 0 Å². The molecule has 7 N–H and O–H groups in total. The Hall–Kier alpha value is -11.6. The predicted octanol–water partition coefficient (Wildman–Crippen LogP) is 18.8. The summed E-state index contributed by atoms with van der Waals surface area (Å²) >= 11 is 0. The number of fused-ring (bicyclic) bond motifs is 1. The minimum absolute atomic E-state index is 0.214. The summed E-state index contributed by atoms with van der Waals surface area (Å²) in [7, 11) is 12.3. The molecule has 9 aromatic rings. The van der Waals surface area contributed by atoms with Gasteiger partial charge in [-0.1, -0.05) is 209 Å². The van der Waals surface area contributed by atoms with Gasteiger partial charge in [0.05, 0.1) is 65.6 Å². The van der Waals surface area contributed by atoms with E-state index in [1.54, 1.807) is 24.3 Å². The number of likely N-dealkylation sites (N-methyl/N-ethyl adjacent to an activating group) is 2. The molecule has 6 aliphatic rings. The predicted molar refractivity (Wildman–Crippen MR) is 471 cm³/mol. The zero-order valence-electron chi connectivity index (χ0n) is 67.8. The molecule has 6 fully saturated rings. The van der Waals surface area contributed by atoms with Crippen LogP contribution >= 0.6 is 0 Å². The molecule has 604 valence electrons. The number of anilines is 3. The van der Waals surface area contributed by atoms with Crippen LogP contribution in [0, 0.1) is 0 Å². The molecule has 0 radical (unpaired) electrons. The first kappa shape index (κ1) is 84.4. The fraction of sp³-hybridized carbons (Fsp3) is 0.372. The third kappa shape index (κ3) is 26.5. The Morgan fingerprint density at radius 2 is 0.835 bits per heavy atom. The Kier molecular flexibility index (Phi) is 32.8. The van der Waals surface area contributed by atoms with Gasteiger partial charge in [-0.15, -0.1) is 0 Å². The van der Waals surface area contributed by atoms with Crippen molar-refractivity contribution in [1.82, 2.24) is 35.1 Å². The minimum Gasteiger partial charge on any atom is -0.478 e. The number of hydrogen-bond donors (Lipinski definition) is 7. The highest BCUT2D eigenvalue weighted by molar-refractivity contribution is 6.05. The number of guanidine groups is 5. The Morgan fingerprint density at radius 1 is 0.409 bits per heavy atom. The highest BCUT2D eigenvalue weighted by Crippen LogP contribution is 2.44. The maximum Gasteiger partial charge on any atom is 0.335 e. The first-order valence-corrected chi connectivity index (χ1v) is 41.0. The zero-order valence-corrected chi connectivity index (χ0v) is 67.8. The van der Waals surface area contributed by atoms with Crippen LogP contribution in [0.1, 0.15) is 153 Å². The molecule has 3 heterocycles. The molecule has 2 unspecified atom stereocenters. The molecular weight excluding hydrogens is 1440 g/mol. The van der Waals surface area contributed by atoms with Gasteiger partial charge in [0.1, 0.15) is 0 Å². The van der Waals surface area contributed by atoms with E-state index >= 15 is 0 Å². The van der Waals surface area contributed by atoms with E-state index in [4.69, 9.17) is 39.7 Å². The number of benzene rings is 9. The molecule has 115 heavy (non-hydrogen) atoms. The molecule has 2 atom stereocenters. The monoisotopic (exact) mass is 1550 g/mol. The average Bonchev–Trinajstić information content (AvgIpc) is 1.61. The topological polar surface area (TPSA) is 231 Å². The number of morpholine rings is 1. The van der Waals surface area contributed by atoms with Gasteiger partial charge in [0.25, 0.3) is 0 Å². The number of hydrogen-bond acceptors (Lipinski definition) is 9. The molecule has 3 aliphatic heterocycles. The van der Waals surface area contributed by atoms with Gasteiger partial charge >= 0.3 is 11.9 Å². The Balaban J connectivity index is 0.000000142. The maximum atomic E-state index is 11.0. The highest BCUT2D eigenvalue weighted by atomic mass is 16.5.